The highest BCUT2D eigenvalue weighted by molar-refractivity contribution is 5.54. The molecule has 1 aromatic rings. The summed E-state index contributed by atoms with van der Waals surface area (Å²) in [6.07, 6.45) is 3.04. The van der Waals surface area contributed by atoms with Crippen LogP contribution in [0.5, 0.6) is 0 Å². The molecule has 0 aliphatic heterocycles. The predicted octanol–water partition coefficient (Wildman–Crippen LogP) is 2.65. The number of anilines is 2. The van der Waals surface area contributed by atoms with Crippen molar-refractivity contribution in [2.75, 3.05) is 37.4 Å². The minimum absolute atomic E-state index is 0.0195. The van der Waals surface area contributed by atoms with E-state index < -0.39 is 4.92 Å². The van der Waals surface area contributed by atoms with Crippen molar-refractivity contribution in [2.24, 2.45) is 0 Å². The van der Waals surface area contributed by atoms with Crippen molar-refractivity contribution in [1.82, 2.24) is 4.98 Å². The molecular formula is C13H22N4O3. The maximum absolute atomic E-state index is 10.8. The molecule has 0 aliphatic carbocycles. The second-order valence-corrected chi connectivity index (χ2v) is 4.35. The van der Waals surface area contributed by atoms with E-state index in [0.717, 1.165) is 25.9 Å². The first-order valence-electron chi connectivity index (χ1n) is 6.83. The third kappa shape index (κ3) is 5.83. The third-order valence-electron chi connectivity index (χ3n) is 2.69. The van der Waals surface area contributed by atoms with Gasteiger partial charge >= 0.3 is 0 Å². The van der Waals surface area contributed by atoms with E-state index in [9.17, 15) is 10.1 Å². The highest BCUT2D eigenvalue weighted by Crippen LogP contribution is 2.20. The molecule has 0 saturated heterocycles. The predicted molar refractivity (Wildman–Crippen MR) is 79.3 cm³/mol. The molecule has 0 fully saturated rings. The number of hydrogen-bond acceptors (Lipinski definition) is 6. The average Bonchev–Trinajstić information content (AvgIpc) is 2.46. The fourth-order valence-electron chi connectivity index (χ4n) is 1.58. The van der Waals surface area contributed by atoms with Crippen molar-refractivity contribution in [3.05, 3.63) is 22.2 Å². The summed E-state index contributed by atoms with van der Waals surface area (Å²) in [5.74, 6) is 0.970. The van der Waals surface area contributed by atoms with Gasteiger partial charge in [-0.2, -0.15) is 0 Å². The number of rotatable bonds is 10. The summed E-state index contributed by atoms with van der Waals surface area (Å²) in [5.41, 5.74) is 0.0195. The topological polar surface area (TPSA) is 89.3 Å². The normalized spacial score (nSPS) is 10.3. The van der Waals surface area contributed by atoms with E-state index in [0.29, 0.717) is 24.8 Å². The molecular weight excluding hydrogens is 260 g/mol. The van der Waals surface area contributed by atoms with Crippen LogP contribution in [-0.2, 0) is 4.74 Å². The number of ether oxygens (including phenoxy) is 1. The largest absolute Gasteiger partial charge is 0.381 e. The van der Waals surface area contributed by atoms with Crippen molar-refractivity contribution >= 4 is 17.3 Å². The summed E-state index contributed by atoms with van der Waals surface area (Å²) in [4.78, 5) is 14.6. The van der Waals surface area contributed by atoms with Crippen LogP contribution in [0.4, 0.5) is 17.3 Å². The molecule has 0 spiro atoms. The van der Waals surface area contributed by atoms with Crippen molar-refractivity contribution in [1.29, 1.82) is 0 Å². The molecule has 0 unspecified atom stereocenters. The summed E-state index contributed by atoms with van der Waals surface area (Å²) < 4.78 is 5.44. The number of pyridine rings is 1. The van der Waals surface area contributed by atoms with Crippen LogP contribution in [0.2, 0.25) is 0 Å². The van der Waals surface area contributed by atoms with Gasteiger partial charge in [-0.05, 0) is 12.8 Å². The zero-order valence-electron chi connectivity index (χ0n) is 12.0. The second-order valence-electron chi connectivity index (χ2n) is 4.35. The van der Waals surface area contributed by atoms with Gasteiger partial charge in [0.2, 0.25) is 0 Å². The molecule has 0 amide bonds. The van der Waals surface area contributed by atoms with Gasteiger partial charge in [-0.1, -0.05) is 13.3 Å². The lowest BCUT2D eigenvalue weighted by Gasteiger charge is -2.08. The molecule has 7 heteroatoms. The van der Waals surface area contributed by atoms with Crippen LogP contribution in [0.3, 0.4) is 0 Å². The van der Waals surface area contributed by atoms with Crippen LogP contribution in [0.1, 0.15) is 26.2 Å². The maximum Gasteiger partial charge on any atom is 0.276 e. The molecule has 7 nitrogen and oxygen atoms in total. The van der Waals surface area contributed by atoms with Gasteiger partial charge in [0.1, 0.15) is 11.6 Å². The first-order valence-corrected chi connectivity index (χ1v) is 6.83. The van der Waals surface area contributed by atoms with E-state index in [-0.39, 0.29) is 5.69 Å². The minimum Gasteiger partial charge on any atom is -0.381 e. The Morgan fingerprint density at radius 2 is 2.00 bits per heavy atom. The summed E-state index contributed by atoms with van der Waals surface area (Å²) in [7, 11) is 1.68. The van der Waals surface area contributed by atoms with E-state index in [4.69, 9.17) is 4.74 Å². The Kier molecular flexibility index (Phi) is 7.34. The molecule has 0 aromatic carbocycles. The molecule has 0 bridgehead atoms. The molecule has 0 radical (unpaired) electrons. The number of aromatic nitrogens is 1. The van der Waals surface area contributed by atoms with Gasteiger partial charge in [-0.3, -0.25) is 10.1 Å². The quantitative estimate of drug-likeness (QED) is 0.389. The first-order chi connectivity index (χ1) is 9.67. The number of hydrogen-bond donors (Lipinski definition) is 2. The lowest BCUT2D eigenvalue weighted by molar-refractivity contribution is -0.384. The summed E-state index contributed by atoms with van der Waals surface area (Å²) in [6, 6.07) is 2.83. The smallest absolute Gasteiger partial charge is 0.276 e. The molecule has 2 N–H and O–H groups in total. The molecule has 1 rings (SSSR count). The van der Waals surface area contributed by atoms with Gasteiger partial charge in [0.25, 0.3) is 5.69 Å². The third-order valence-corrected chi connectivity index (χ3v) is 2.69. The van der Waals surface area contributed by atoms with Crippen LogP contribution in [-0.4, -0.2) is 36.7 Å². The van der Waals surface area contributed by atoms with Gasteiger partial charge in [0, 0.05) is 26.8 Å². The van der Waals surface area contributed by atoms with E-state index >= 15 is 0 Å². The van der Waals surface area contributed by atoms with Crippen molar-refractivity contribution in [3.63, 3.8) is 0 Å². The van der Waals surface area contributed by atoms with E-state index in [1.54, 1.807) is 7.05 Å². The van der Waals surface area contributed by atoms with Crippen LogP contribution >= 0.6 is 0 Å². The van der Waals surface area contributed by atoms with E-state index in [1.807, 2.05) is 0 Å². The molecule has 1 heterocycles. The Bertz CT molecular complexity index is 426. The lowest BCUT2D eigenvalue weighted by atomic mass is 10.3. The number of nitro groups is 1. The molecule has 1 aromatic heterocycles. The van der Waals surface area contributed by atoms with Gasteiger partial charge in [-0.25, -0.2) is 4.98 Å². The standard InChI is InChI=1S/C13H22N4O3/c1-3-4-7-20-8-5-6-15-13-10-11(17(18)19)9-12(14-2)16-13/h9-10H,3-8H2,1-2H3,(H2,14,15,16). The highest BCUT2D eigenvalue weighted by atomic mass is 16.6. The SMILES string of the molecule is CCCCOCCCNc1cc([N+](=O)[O-])cc(NC)n1. The molecule has 112 valence electrons. The number of nitrogens with one attached hydrogen (secondary N) is 2. The zero-order chi connectivity index (χ0) is 14.8. The Morgan fingerprint density at radius 3 is 2.65 bits per heavy atom. The fraction of sp³-hybridized carbons (Fsp3) is 0.615. The van der Waals surface area contributed by atoms with Crippen molar-refractivity contribution in [3.8, 4) is 0 Å². The van der Waals surface area contributed by atoms with E-state index in [1.165, 1.54) is 12.1 Å². The Labute approximate surface area is 118 Å². The minimum atomic E-state index is -0.429. The second kappa shape index (κ2) is 9.08. The highest BCUT2D eigenvalue weighted by Gasteiger charge is 2.10. The summed E-state index contributed by atoms with van der Waals surface area (Å²) in [6.45, 7) is 4.26. The van der Waals surface area contributed by atoms with Gasteiger partial charge in [0.15, 0.2) is 0 Å². The van der Waals surface area contributed by atoms with Crippen LogP contribution < -0.4 is 10.6 Å². The average molecular weight is 282 g/mol. The number of unbranched alkanes of at least 4 members (excludes halogenated alkanes) is 1. The van der Waals surface area contributed by atoms with Crippen LogP contribution in [0, 0.1) is 10.1 Å². The Morgan fingerprint density at radius 1 is 1.30 bits per heavy atom. The van der Waals surface area contributed by atoms with Gasteiger partial charge < -0.3 is 15.4 Å². The van der Waals surface area contributed by atoms with Gasteiger partial charge in [-0.15, -0.1) is 0 Å². The fourth-order valence-corrected chi connectivity index (χ4v) is 1.58. The first kappa shape index (κ1) is 16.2. The zero-order valence-corrected chi connectivity index (χ0v) is 12.0. The Balaban J connectivity index is 2.39. The van der Waals surface area contributed by atoms with Crippen molar-refractivity contribution in [2.45, 2.75) is 26.2 Å². The molecule has 0 aliphatic rings. The monoisotopic (exact) mass is 282 g/mol. The number of nitrogens with zero attached hydrogens (tertiary/aromatic N) is 2. The van der Waals surface area contributed by atoms with E-state index in [2.05, 4.69) is 22.5 Å². The Hall–Kier alpha value is -1.89. The van der Waals surface area contributed by atoms with Crippen molar-refractivity contribution < 1.29 is 9.66 Å². The molecule has 0 atom stereocenters. The lowest BCUT2D eigenvalue weighted by Crippen LogP contribution is -2.08. The molecule has 0 saturated carbocycles. The van der Waals surface area contributed by atoms with Crippen LogP contribution in [0.25, 0.3) is 0 Å². The molecule has 20 heavy (non-hydrogen) atoms. The maximum atomic E-state index is 10.8. The summed E-state index contributed by atoms with van der Waals surface area (Å²) in [5, 5.41) is 16.7. The van der Waals surface area contributed by atoms with Gasteiger partial charge in [0.05, 0.1) is 17.1 Å². The summed E-state index contributed by atoms with van der Waals surface area (Å²) >= 11 is 0. The van der Waals surface area contributed by atoms with Crippen LogP contribution in [0.15, 0.2) is 12.1 Å².